The number of carbonyl (C=O) groups is 1. The summed E-state index contributed by atoms with van der Waals surface area (Å²) in [6.07, 6.45) is 0.0639. The summed E-state index contributed by atoms with van der Waals surface area (Å²) in [5.41, 5.74) is 8.38. The van der Waals surface area contributed by atoms with E-state index in [0.717, 1.165) is 0 Å². The van der Waals surface area contributed by atoms with Crippen molar-refractivity contribution >= 4 is 11.5 Å². The smallest absolute Gasteiger partial charge is 0.203 e. The molecule has 1 unspecified atom stereocenters. The van der Waals surface area contributed by atoms with Crippen molar-refractivity contribution in [2.75, 3.05) is 5.73 Å². The normalized spacial score (nSPS) is 12.7. The lowest BCUT2D eigenvalue weighted by atomic mass is 9.86. The van der Waals surface area contributed by atoms with E-state index >= 15 is 0 Å². The van der Waals surface area contributed by atoms with Crippen molar-refractivity contribution in [3.63, 3.8) is 0 Å². The number of ether oxygens (including phenoxy) is 1. The first-order valence-corrected chi connectivity index (χ1v) is 7.99. The number of Topliss-reactive ketones (excluding diaryl/α,β-unsaturated/α-hetero) is 1. The average molecular weight is 311 g/mol. The van der Waals surface area contributed by atoms with E-state index in [2.05, 4.69) is 20.8 Å². The number of ketones is 1. The number of nitrogens with two attached hydrogens (primary N) is 1. The van der Waals surface area contributed by atoms with Crippen LogP contribution in [0.15, 0.2) is 48.5 Å². The summed E-state index contributed by atoms with van der Waals surface area (Å²) in [7, 11) is 0. The largest absolute Gasteiger partial charge is 0.480 e. The van der Waals surface area contributed by atoms with E-state index in [4.69, 9.17) is 10.5 Å². The van der Waals surface area contributed by atoms with Gasteiger partial charge in [0, 0.05) is 5.56 Å². The molecule has 122 valence electrons. The topological polar surface area (TPSA) is 52.3 Å². The molecule has 2 rings (SSSR count). The summed E-state index contributed by atoms with van der Waals surface area (Å²) in [5, 5.41) is 0. The van der Waals surface area contributed by atoms with Crippen LogP contribution in [0, 0.1) is 0 Å². The zero-order valence-corrected chi connectivity index (χ0v) is 14.3. The number of nitrogen functional groups attached to an aromatic ring is 1. The molecule has 0 radical (unpaired) electrons. The molecule has 1 atom stereocenters. The van der Waals surface area contributed by atoms with Gasteiger partial charge in [-0.05, 0) is 29.5 Å². The van der Waals surface area contributed by atoms with Crippen molar-refractivity contribution in [2.24, 2.45) is 0 Å². The number of hydrogen-bond acceptors (Lipinski definition) is 3. The fourth-order valence-corrected chi connectivity index (χ4v) is 2.38. The van der Waals surface area contributed by atoms with Crippen molar-refractivity contribution in [3.05, 3.63) is 59.7 Å². The zero-order valence-electron chi connectivity index (χ0n) is 14.3. The summed E-state index contributed by atoms with van der Waals surface area (Å²) < 4.78 is 5.83. The molecule has 2 aromatic rings. The lowest BCUT2D eigenvalue weighted by molar-refractivity contribution is 0.0788. The SMILES string of the molecule is CCC(Oc1ccccc1N)C(=O)c1ccc(C(C)(C)C)cc1. The quantitative estimate of drug-likeness (QED) is 0.648. The van der Waals surface area contributed by atoms with Crippen LogP contribution >= 0.6 is 0 Å². The highest BCUT2D eigenvalue weighted by Crippen LogP contribution is 2.25. The highest BCUT2D eigenvalue weighted by atomic mass is 16.5. The highest BCUT2D eigenvalue weighted by Gasteiger charge is 2.22. The Morgan fingerprint density at radius 3 is 2.22 bits per heavy atom. The van der Waals surface area contributed by atoms with E-state index in [9.17, 15) is 4.79 Å². The summed E-state index contributed by atoms with van der Waals surface area (Å²) in [6, 6.07) is 15.0. The maximum Gasteiger partial charge on any atom is 0.203 e. The molecule has 3 heteroatoms. The van der Waals surface area contributed by atoms with E-state index in [1.165, 1.54) is 5.56 Å². The minimum atomic E-state index is -0.528. The van der Waals surface area contributed by atoms with Crippen LogP contribution in [0.4, 0.5) is 5.69 Å². The Morgan fingerprint density at radius 2 is 1.70 bits per heavy atom. The maximum absolute atomic E-state index is 12.7. The van der Waals surface area contributed by atoms with Gasteiger partial charge in [-0.15, -0.1) is 0 Å². The molecule has 3 nitrogen and oxygen atoms in total. The monoisotopic (exact) mass is 311 g/mol. The fourth-order valence-electron chi connectivity index (χ4n) is 2.38. The van der Waals surface area contributed by atoms with Gasteiger partial charge in [0.1, 0.15) is 5.75 Å². The summed E-state index contributed by atoms with van der Waals surface area (Å²) in [4.78, 5) is 12.7. The molecule has 0 aromatic heterocycles. The van der Waals surface area contributed by atoms with Crippen LogP contribution in [0.5, 0.6) is 5.75 Å². The van der Waals surface area contributed by atoms with Gasteiger partial charge in [-0.25, -0.2) is 0 Å². The molecule has 0 heterocycles. The van der Waals surface area contributed by atoms with E-state index in [1.807, 2.05) is 43.3 Å². The average Bonchev–Trinajstić information content (AvgIpc) is 2.53. The third-order valence-electron chi connectivity index (χ3n) is 3.89. The molecular formula is C20H25NO2. The van der Waals surface area contributed by atoms with Gasteiger partial charge >= 0.3 is 0 Å². The molecule has 0 fully saturated rings. The van der Waals surface area contributed by atoms with Gasteiger partial charge in [0.15, 0.2) is 6.10 Å². The Bertz CT molecular complexity index is 669. The van der Waals surface area contributed by atoms with Gasteiger partial charge in [-0.1, -0.05) is 64.1 Å². The third kappa shape index (κ3) is 4.13. The van der Waals surface area contributed by atoms with Crippen LogP contribution in [0.2, 0.25) is 0 Å². The Balaban J connectivity index is 2.18. The molecule has 0 aliphatic heterocycles. The van der Waals surface area contributed by atoms with Crippen molar-refractivity contribution in [3.8, 4) is 5.75 Å². The van der Waals surface area contributed by atoms with E-state index in [1.54, 1.807) is 12.1 Å². The van der Waals surface area contributed by atoms with Crippen molar-refractivity contribution in [2.45, 2.75) is 45.6 Å². The lowest BCUT2D eigenvalue weighted by Gasteiger charge is -2.20. The second kappa shape index (κ2) is 6.86. The van der Waals surface area contributed by atoms with Crippen LogP contribution in [-0.4, -0.2) is 11.9 Å². The first kappa shape index (κ1) is 17.1. The first-order chi connectivity index (χ1) is 10.8. The van der Waals surface area contributed by atoms with Gasteiger partial charge in [0.05, 0.1) is 5.69 Å². The van der Waals surface area contributed by atoms with E-state index < -0.39 is 6.10 Å². The predicted octanol–water partition coefficient (Wildman–Crippen LogP) is 4.61. The van der Waals surface area contributed by atoms with Gasteiger partial charge in [-0.2, -0.15) is 0 Å². The Kier molecular flexibility index (Phi) is 5.09. The number of benzene rings is 2. The van der Waals surface area contributed by atoms with E-state index in [-0.39, 0.29) is 11.2 Å². The lowest BCUT2D eigenvalue weighted by Crippen LogP contribution is -2.27. The Morgan fingerprint density at radius 1 is 1.09 bits per heavy atom. The number of anilines is 1. The minimum Gasteiger partial charge on any atom is -0.480 e. The molecule has 0 amide bonds. The number of para-hydroxylation sites is 2. The summed E-state index contributed by atoms with van der Waals surface area (Å²) in [5.74, 6) is 0.537. The zero-order chi connectivity index (χ0) is 17.0. The maximum atomic E-state index is 12.7. The van der Waals surface area contributed by atoms with Crippen LogP contribution in [0.25, 0.3) is 0 Å². The molecule has 0 saturated heterocycles. The summed E-state index contributed by atoms with van der Waals surface area (Å²) in [6.45, 7) is 8.39. The Hall–Kier alpha value is -2.29. The van der Waals surface area contributed by atoms with Crippen LogP contribution < -0.4 is 10.5 Å². The number of hydrogen-bond donors (Lipinski definition) is 1. The molecule has 0 aliphatic rings. The van der Waals surface area contributed by atoms with Gasteiger partial charge < -0.3 is 10.5 Å². The molecule has 0 saturated carbocycles. The predicted molar refractivity (Wildman–Crippen MR) is 95.0 cm³/mol. The van der Waals surface area contributed by atoms with E-state index in [0.29, 0.717) is 23.4 Å². The molecule has 0 bridgehead atoms. The summed E-state index contributed by atoms with van der Waals surface area (Å²) >= 11 is 0. The molecular weight excluding hydrogens is 286 g/mol. The molecule has 0 aliphatic carbocycles. The van der Waals surface area contributed by atoms with Crippen LogP contribution in [-0.2, 0) is 5.41 Å². The second-order valence-corrected chi connectivity index (χ2v) is 6.74. The molecule has 2 N–H and O–H groups in total. The van der Waals surface area contributed by atoms with Crippen LogP contribution in [0.3, 0.4) is 0 Å². The molecule has 2 aromatic carbocycles. The third-order valence-corrected chi connectivity index (χ3v) is 3.89. The molecule has 0 spiro atoms. The van der Waals surface area contributed by atoms with Gasteiger partial charge in [0.25, 0.3) is 0 Å². The Labute approximate surface area is 138 Å². The fraction of sp³-hybridized carbons (Fsp3) is 0.350. The van der Waals surface area contributed by atoms with Crippen molar-refractivity contribution < 1.29 is 9.53 Å². The highest BCUT2D eigenvalue weighted by molar-refractivity contribution is 5.99. The van der Waals surface area contributed by atoms with Gasteiger partial charge in [-0.3, -0.25) is 4.79 Å². The number of rotatable bonds is 5. The van der Waals surface area contributed by atoms with Gasteiger partial charge in [0.2, 0.25) is 5.78 Å². The van der Waals surface area contributed by atoms with Crippen molar-refractivity contribution in [1.82, 2.24) is 0 Å². The second-order valence-electron chi connectivity index (χ2n) is 6.74. The molecule has 23 heavy (non-hydrogen) atoms. The minimum absolute atomic E-state index is 0.0174. The first-order valence-electron chi connectivity index (χ1n) is 7.99. The van der Waals surface area contributed by atoms with Crippen LogP contribution in [0.1, 0.15) is 50.0 Å². The number of carbonyl (C=O) groups excluding carboxylic acids is 1. The standard InChI is InChI=1S/C20H25NO2/c1-5-17(23-18-9-7-6-8-16(18)21)19(22)14-10-12-15(13-11-14)20(2,3)4/h6-13,17H,5,21H2,1-4H3. The van der Waals surface area contributed by atoms with Crippen molar-refractivity contribution in [1.29, 1.82) is 0 Å².